The number of ether oxygens (including phenoxy) is 2. The molecule has 0 fully saturated rings. The van der Waals surface area contributed by atoms with Gasteiger partial charge in [0.1, 0.15) is 11.5 Å². The van der Waals surface area contributed by atoms with Crippen LogP contribution >= 0.6 is 0 Å². The molecule has 188 valence electrons. The summed E-state index contributed by atoms with van der Waals surface area (Å²) < 4.78 is 12.8. The Morgan fingerprint density at radius 2 is 1.57 bits per heavy atom. The average Bonchev–Trinajstić information content (AvgIpc) is 3.23. The van der Waals surface area contributed by atoms with Crippen LogP contribution in [0.15, 0.2) is 91.3 Å². The van der Waals surface area contributed by atoms with Gasteiger partial charge in [-0.05, 0) is 56.3 Å². The van der Waals surface area contributed by atoms with Gasteiger partial charge in [-0.1, -0.05) is 30.3 Å². The molecule has 5 rings (SSSR count). The van der Waals surface area contributed by atoms with E-state index in [1.165, 1.54) is 0 Å². The van der Waals surface area contributed by atoms with E-state index in [9.17, 15) is 4.79 Å². The van der Waals surface area contributed by atoms with Crippen molar-refractivity contribution in [1.82, 2.24) is 4.98 Å². The summed E-state index contributed by atoms with van der Waals surface area (Å²) in [6.45, 7) is 6.09. The lowest BCUT2D eigenvalue weighted by Crippen LogP contribution is -2.30. The minimum absolute atomic E-state index is 0.382. The number of hydrogen-bond acceptors (Lipinski definition) is 6. The number of anilines is 2. The topological polar surface area (TPSA) is 54.9 Å². The predicted octanol–water partition coefficient (Wildman–Crippen LogP) is 6.25. The zero-order chi connectivity index (χ0) is 26.0. The van der Waals surface area contributed by atoms with Crippen LogP contribution in [0.4, 0.5) is 11.4 Å². The van der Waals surface area contributed by atoms with E-state index in [-0.39, 0.29) is 5.97 Å². The summed E-state index contributed by atoms with van der Waals surface area (Å²) in [7, 11) is 3.97. The van der Waals surface area contributed by atoms with Gasteiger partial charge in [-0.15, -0.1) is 0 Å². The summed E-state index contributed by atoms with van der Waals surface area (Å²) in [4.78, 5) is 21.9. The van der Waals surface area contributed by atoms with Crippen molar-refractivity contribution in [1.29, 1.82) is 0 Å². The molecule has 4 aromatic rings. The Balaban J connectivity index is 1.75. The minimum Gasteiger partial charge on any atom is -0.457 e. The fourth-order valence-electron chi connectivity index (χ4n) is 4.95. The molecule has 3 aromatic carbocycles. The zero-order valence-electron chi connectivity index (χ0n) is 21.6. The number of esters is 1. The number of para-hydroxylation sites is 1. The van der Waals surface area contributed by atoms with E-state index in [4.69, 9.17) is 9.47 Å². The Kier molecular flexibility index (Phi) is 6.57. The third-order valence-corrected chi connectivity index (χ3v) is 6.90. The van der Waals surface area contributed by atoms with Gasteiger partial charge in [0.25, 0.3) is 0 Å². The highest BCUT2D eigenvalue weighted by atomic mass is 16.6. The zero-order valence-corrected chi connectivity index (χ0v) is 21.6. The van der Waals surface area contributed by atoms with E-state index < -0.39 is 5.60 Å². The van der Waals surface area contributed by atoms with Crippen LogP contribution in [0.3, 0.4) is 0 Å². The maximum Gasteiger partial charge on any atom is 0.340 e. The smallest absolute Gasteiger partial charge is 0.340 e. The van der Waals surface area contributed by atoms with Gasteiger partial charge in [0.05, 0.1) is 5.56 Å². The monoisotopic (exact) mass is 493 g/mol. The number of rotatable bonds is 8. The summed E-state index contributed by atoms with van der Waals surface area (Å²) in [6, 6.07) is 25.6. The van der Waals surface area contributed by atoms with Crippen molar-refractivity contribution < 1.29 is 14.3 Å². The van der Waals surface area contributed by atoms with Crippen molar-refractivity contribution in [2.45, 2.75) is 19.4 Å². The van der Waals surface area contributed by atoms with E-state index in [0.717, 1.165) is 35.6 Å². The Labute approximate surface area is 218 Å². The lowest BCUT2D eigenvalue weighted by Gasteiger charge is -2.32. The summed E-state index contributed by atoms with van der Waals surface area (Å²) in [5.74, 6) is 0.921. The molecular formula is C31H31N3O3. The molecule has 37 heavy (non-hydrogen) atoms. The molecule has 1 unspecified atom stereocenters. The number of pyridine rings is 1. The quantitative estimate of drug-likeness (QED) is 0.271. The molecule has 0 spiro atoms. The summed E-state index contributed by atoms with van der Waals surface area (Å²) in [5.41, 5.74) is 3.64. The molecule has 6 nitrogen and oxygen atoms in total. The van der Waals surface area contributed by atoms with Crippen LogP contribution in [-0.4, -0.2) is 38.1 Å². The fourth-order valence-corrected chi connectivity index (χ4v) is 4.95. The maximum atomic E-state index is 13.2. The second-order valence-corrected chi connectivity index (χ2v) is 9.20. The minimum atomic E-state index is -1.21. The number of carbonyl (C=O) groups excluding carboxylic acids is 1. The van der Waals surface area contributed by atoms with E-state index in [2.05, 4.69) is 35.9 Å². The van der Waals surface area contributed by atoms with Gasteiger partial charge in [-0.3, -0.25) is 4.98 Å². The number of cyclic esters (lactones) is 1. The summed E-state index contributed by atoms with van der Waals surface area (Å²) >= 11 is 0. The number of fused-ring (bicyclic) bond motifs is 1. The van der Waals surface area contributed by atoms with E-state index in [1.807, 2.05) is 79.7 Å². The van der Waals surface area contributed by atoms with Crippen molar-refractivity contribution in [2.75, 3.05) is 37.0 Å². The molecule has 6 heteroatoms. The van der Waals surface area contributed by atoms with Crippen LogP contribution in [0.25, 0.3) is 0 Å². The molecule has 0 aliphatic carbocycles. The first kappa shape index (κ1) is 24.4. The van der Waals surface area contributed by atoms with Gasteiger partial charge in [0, 0.05) is 73.7 Å². The van der Waals surface area contributed by atoms with Crippen LogP contribution in [0.5, 0.6) is 11.5 Å². The van der Waals surface area contributed by atoms with Crippen LogP contribution in [-0.2, 0) is 10.3 Å². The van der Waals surface area contributed by atoms with Gasteiger partial charge >= 0.3 is 5.97 Å². The van der Waals surface area contributed by atoms with Crippen molar-refractivity contribution >= 4 is 17.3 Å². The second kappa shape index (κ2) is 9.97. The molecule has 1 aromatic heterocycles. The van der Waals surface area contributed by atoms with Crippen LogP contribution < -0.4 is 14.5 Å². The van der Waals surface area contributed by atoms with Crippen molar-refractivity contribution in [3.63, 3.8) is 0 Å². The van der Waals surface area contributed by atoms with Gasteiger partial charge in [0.2, 0.25) is 0 Å². The van der Waals surface area contributed by atoms with Gasteiger partial charge in [0.15, 0.2) is 5.60 Å². The Hall–Kier alpha value is -4.32. The predicted molar refractivity (Wildman–Crippen MR) is 147 cm³/mol. The highest BCUT2D eigenvalue weighted by Crippen LogP contribution is 2.51. The molecule has 0 saturated carbocycles. The summed E-state index contributed by atoms with van der Waals surface area (Å²) in [5, 5.41) is 0. The largest absolute Gasteiger partial charge is 0.457 e. The lowest BCUT2D eigenvalue weighted by molar-refractivity contribution is 0.0246. The highest BCUT2D eigenvalue weighted by Gasteiger charge is 2.50. The SMILES string of the molecule is CCN(CC)c1ccc(C2(c3ccc(N(C)C)cc3Oc3ccccc3)OC(=O)c3ccncc32)cc1. The molecule has 1 aliphatic rings. The molecule has 1 aliphatic heterocycles. The Morgan fingerprint density at radius 1 is 0.865 bits per heavy atom. The Bertz CT molecular complexity index is 1400. The molecule has 2 heterocycles. The molecule has 0 N–H and O–H groups in total. The number of carbonyl (C=O) groups is 1. The third kappa shape index (κ3) is 4.29. The van der Waals surface area contributed by atoms with Gasteiger partial charge in [-0.2, -0.15) is 0 Å². The van der Waals surface area contributed by atoms with E-state index >= 15 is 0 Å². The molecule has 1 atom stereocenters. The molecule has 0 bridgehead atoms. The number of benzene rings is 3. The first-order valence-corrected chi connectivity index (χ1v) is 12.6. The number of hydrogen-bond donors (Lipinski definition) is 0. The molecule has 0 saturated heterocycles. The number of nitrogens with zero attached hydrogens (tertiary/aromatic N) is 3. The number of aromatic nitrogens is 1. The summed E-state index contributed by atoms with van der Waals surface area (Å²) in [6.07, 6.45) is 3.35. The first-order valence-electron chi connectivity index (χ1n) is 12.6. The first-order chi connectivity index (χ1) is 18.0. The van der Waals surface area contributed by atoms with Crippen LogP contribution in [0, 0.1) is 0 Å². The van der Waals surface area contributed by atoms with Crippen LogP contribution in [0.2, 0.25) is 0 Å². The van der Waals surface area contributed by atoms with Crippen molar-refractivity contribution in [3.8, 4) is 11.5 Å². The van der Waals surface area contributed by atoms with E-state index in [1.54, 1.807) is 18.5 Å². The Morgan fingerprint density at radius 3 is 2.24 bits per heavy atom. The normalized spacial score (nSPS) is 16.2. The molecule has 0 radical (unpaired) electrons. The lowest BCUT2D eigenvalue weighted by atomic mass is 9.80. The maximum absolute atomic E-state index is 13.2. The van der Waals surface area contributed by atoms with E-state index in [0.29, 0.717) is 22.6 Å². The van der Waals surface area contributed by atoms with Crippen molar-refractivity contribution in [2.24, 2.45) is 0 Å². The van der Waals surface area contributed by atoms with Gasteiger partial charge in [-0.25, -0.2) is 4.79 Å². The molecular weight excluding hydrogens is 462 g/mol. The standard InChI is InChI=1S/C31H31N3O3/c1-5-34(6-2)23-14-12-22(13-15-23)31(28-21-32-19-18-26(28)30(35)37-31)27-17-16-24(33(3)4)20-29(27)36-25-10-8-7-9-11-25/h7-21H,5-6H2,1-4H3. The van der Waals surface area contributed by atoms with Crippen LogP contribution in [0.1, 0.15) is 40.9 Å². The highest BCUT2D eigenvalue weighted by molar-refractivity contribution is 5.96. The van der Waals surface area contributed by atoms with Crippen molar-refractivity contribution in [3.05, 3.63) is 114 Å². The third-order valence-electron chi connectivity index (χ3n) is 6.90. The second-order valence-electron chi connectivity index (χ2n) is 9.20. The molecule has 0 amide bonds. The average molecular weight is 494 g/mol. The fraction of sp³-hybridized carbons (Fsp3) is 0.226. The van der Waals surface area contributed by atoms with Gasteiger partial charge < -0.3 is 19.3 Å².